The molecule has 0 saturated heterocycles. The predicted molar refractivity (Wildman–Crippen MR) is 188 cm³/mol. The van der Waals surface area contributed by atoms with Gasteiger partial charge in [-0.15, -0.1) is 0 Å². The van der Waals surface area contributed by atoms with Crippen molar-refractivity contribution in [2.24, 2.45) is 0 Å². The van der Waals surface area contributed by atoms with Gasteiger partial charge in [-0.05, 0) is 35.1 Å². The molecule has 0 radical (unpaired) electrons. The van der Waals surface area contributed by atoms with Crippen molar-refractivity contribution in [1.29, 1.82) is 0 Å². The highest BCUT2D eigenvalue weighted by Crippen LogP contribution is 2.19. The molecular weight excluding hydrogens is 744 g/mol. The summed E-state index contributed by atoms with van der Waals surface area (Å²) in [5.74, 6) is -2.14. The van der Waals surface area contributed by atoms with Crippen LogP contribution in [0, 0.1) is 0 Å². The Balaban J connectivity index is 1.45. The lowest BCUT2D eigenvalue weighted by atomic mass is 9.95. The van der Waals surface area contributed by atoms with Crippen LogP contribution in [0.4, 0.5) is 9.59 Å². The first-order valence-corrected chi connectivity index (χ1v) is 17.0. The van der Waals surface area contributed by atoms with Gasteiger partial charge in [0.15, 0.2) is 17.3 Å². The molecule has 4 aromatic rings. The second-order valence-electron chi connectivity index (χ2n) is 10.8. The Kier molecular flexibility index (Phi) is 14.1. The summed E-state index contributed by atoms with van der Waals surface area (Å²) in [4.78, 5) is 63.6. The van der Waals surface area contributed by atoms with Gasteiger partial charge in [0.1, 0.15) is 22.9 Å². The Morgan fingerprint density at radius 1 is 0.458 bits per heavy atom. The molecule has 0 saturated carbocycles. The number of carbonyl (C=O) groups is 5. The van der Waals surface area contributed by atoms with E-state index in [0.717, 1.165) is 22.3 Å². The van der Waals surface area contributed by atoms with Gasteiger partial charge in [0.05, 0.1) is 12.1 Å². The summed E-state index contributed by atoms with van der Waals surface area (Å²) < 4.78 is 10.7. The van der Waals surface area contributed by atoms with E-state index in [0.29, 0.717) is 0 Å². The van der Waals surface area contributed by atoms with Crippen LogP contribution in [0.25, 0.3) is 0 Å². The minimum Gasteiger partial charge on any atom is -0.445 e. The van der Waals surface area contributed by atoms with Crippen LogP contribution in [0.5, 0.6) is 0 Å². The van der Waals surface area contributed by atoms with Crippen molar-refractivity contribution >= 4 is 61.4 Å². The minimum atomic E-state index is -1.48. The number of nitrogens with one attached hydrogen (secondary N) is 2. The van der Waals surface area contributed by atoms with Gasteiger partial charge in [-0.2, -0.15) is 0 Å². The largest absolute Gasteiger partial charge is 0.445 e. The minimum absolute atomic E-state index is 0.0167. The van der Waals surface area contributed by atoms with Crippen molar-refractivity contribution < 1.29 is 33.4 Å². The average Bonchev–Trinajstić information content (AvgIpc) is 3.12. The van der Waals surface area contributed by atoms with Crippen LogP contribution in [-0.4, -0.2) is 51.3 Å². The maximum Gasteiger partial charge on any atom is 0.408 e. The Labute approximate surface area is 295 Å². The Bertz CT molecular complexity index is 1540. The average molecular weight is 778 g/mol. The van der Waals surface area contributed by atoms with Crippen molar-refractivity contribution in [3.8, 4) is 0 Å². The first kappa shape index (κ1) is 36.2. The van der Waals surface area contributed by atoms with Crippen LogP contribution in [0.2, 0.25) is 0 Å². The highest BCUT2D eigenvalue weighted by Gasteiger charge is 2.39. The third kappa shape index (κ3) is 11.3. The van der Waals surface area contributed by atoms with Crippen LogP contribution in [0.3, 0.4) is 0 Å². The lowest BCUT2D eigenvalue weighted by Crippen LogP contribution is -2.52. The standard InChI is InChI=1S/C37H34Br2N2O7/c38-31(33(42)29(21-25-13-5-1-6-14-25)40-36(45)47-23-27-17-9-3-10-18-27)35(44)32(39)34(43)30(22-26-15-7-2-8-16-26)41-37(46)48-24-28-19-11-4-12-20-28/h1-20,29-32H,21-24H2,(H,40,45)(H,41,46)/t29-,30-,31?,32?/m0/s1. The van der Waals surface area contributed by atoms with Crippen molar-refractivity contribution in [2.75, 3.05) is 0 Å². The van der Waals surface area contributed by atoms with Gasteiger partial charge in [-0.3, -0.25) is 14.4 Å². The summed E-state index contributed by atoms with van der Waals surface area (Å²) in [5.41, 5.74) is 2.99. The summed E-state index contributed by atoms with van der Waals surface area (Å²) in [6.45, 7) is -0.0334. The van der Waals surface area contributed by atoms with E-state index in [1.807, 2.05) is 48.5 Å². The summed E-state index contributed by atoms with van der Waals surface area (Å²) in [6.07, 6.45) is -1.54. The van der Waals surface area contributed by atoms with E-state index in [1.165, 1.54) is 0 Å². The number of amides is 2. The van der Waals surface area contributed by atoms with E-state index in [9.17, 15) is 24.0 Å². The summed E-state index contributed by atoms with van der Waals surface area (Å²) >= 11 is 6.38. The molecule has 0 heterocycles. The zero-order chi connectivity index (χ0) is 34.3. The third-order valence-corrected chi connectivity index (χ3v) is 9.07. The molecular formula is C37H34Br2N2O7. The molecule has 0 bridgehead atoms. The number of hydrogen-bond acceptors (Lipinski definition) is 7. The zero-order valence-corrected chi connectivity index (χ0v) is 29.0. The van der Waals surface area contributed by atoms with Crippen LogP contribution in [-0.2, 0) is 49.9 Å². The van der Waals surface area contributed by atoms with Gasteiger partial charge >= 0.3 is 12.2 Å². The number of hydrogen-bond donors (Lipinski definition) is 2. The topological polar surface area (TPSA) is 128 Å². The first-order chi connectivity index (χ1) is 23.2. The SMILES string of the molecule is O=C(N[C@@H](Cc1ccccc1)C(=O)C(Br)C(=O)C(Br)C(=O)[C@H](Cc1ccccc1)NC(=O)OCc1ccccc1)OCc1ccccc1. The smallest absolute Gasteiger partial charge is 0.408 e. The number of ketones is 3. The molecule has 9 nitrogen and oxygen atoms in total. The summed E-state index contributed by atoms with van der Waals surface area (Å²) in [7, 11) is 0. The molecule has 0 aromatic heterocycles. The van der Waals surface area contributed by atoms with E-state index in [2.05, 4.69) is 42.5 Å². The molecule has 4 atom stereocenters. The molecule has 248 valence electrons. The molecule has 0 fully saturated rings. The van der Waals surface area contributed by atoms with Gasteiger partial charge in [0.2, 0.25) is 0 Å². The number of rotatable bonds is 16. The normalized spacial score (nSPS) is 13.2. The maximum absolute atomic E-state index is 13.7. The number of carbonyl (C=O) groups excluding carboxylic acids is 5. The van der Waals surface area contributed by atoms with Crippen molar-refractivity contribution in [2.45, 2.75) is 47.8 Å². The molecule has 11 heteroatoms. The lowest BCUT2D eigenvalue weighted by Gasteiger charge is -2.23. The fourth-order valence-corrected chi connectivity index (χ4v) is 6.24. The molecule has 0 spiro atoms. The molecule has 0 aliphatic carbocycles. The van der Waals surface area contributed by atoms with Crippen molar-refractivity contribution in [3.63, 3.8) is 0 Å². The maximum atomic E-state index is 13.7. The van der Waals surface area contributed by atoms with Gasteiger partial charge in [0, 0.05) is 0 Å². The molecule has 2 unspecified atom stereocenters. The van der Waals surface area contributed by atoms with Crippen LogP contribution < -0.4 is 10.6 Å². The van der Waals surface area contributed by atoms with Gasteiger partial charge in [0.25, 0.3) is 0 Å². The quantitative estimate of drug-likeness (QED) is 0.101. The molecule has 2 amide bonds. The summed E-state index contributed by atoms with van der Waals surface area (Å²) in [5, 5.41) is 5.16. The molecule has 4 aromatic carbocycles. The molecule has 2 N–H and O–H groups in total. The van der Waals surface area contributed by atoms with E-state index < -0.39 is 51.3 Å². The number of ether oxygens (including phenoxy) is 2. The van der Waals surface area contributed by atoms with Gasteiger partial charge in [-0.25, -0.2) is 9.59 Å². The molecule has 0 aliphatic heterocycles. The third-order valence-electron chi connectivity index (χ3n) is 7.26. The number of halogens is 2. The van der Waals surface area contributed by atoms with E-state index in [1.54, 1.807) is 72.8 Å². The summed E-state index contributed by atoms with van der Waals surface area (Å²) in [6, 6.07) is 33.7. The van der Waals surface area contributed by atoms with Crippen molar-refractivity contribution in [1.82, 2.24) is 10.6 Å². The van der Waals surface area contributed by atoms with Gasteiger partial charge in [-0.1, -0.05) is 153 Å². The fourth-order valence-electron chi connectivity index (χ4n) is 4.72. The monoisotopic (exact) mass is 776 g/mol. The first-order valence-electron chi connectivity index (χ1n) is 15.1. The Morgan fingerprint density at radius 2 is 0.750 bits per heavy atom. The van der Waals surface area contributed by atoms with Crippen LogP contribution >= 0.6 is 31.9 Å². The number of Topliss-reactive ketones (excluding diaryl/α,β-unsaturated/α-hetero) is 3. The molecule has 4 rings (SSSR count). The van der Waals surface area contributed by atoms with E-state index in [4.69, 9.17) is 9.47 Å². The second kappa shape index (κ2) is 18.7. The lowest BCUT2D eigenvalue weighted by molar-refractivity contribution is -0.129. The van der Waals surface area contributed by atoms with E-state index in [-0.39, 0.29) is 26.1 Å². The van der Waals surface area contributed by atoms with Crippen LogP contribution in [0.15, 0.2) is 121 Å². The number of benzene rings is 4. The number of alkyl carbamates (subject to hydrolysis) is 2. The Morgan fingerprint density at radius 3 is 1.06 bits per heavy atom. The van der Waals surface area contributed by atoms with E-state index >= 15 is 0 Å². The highest BCUT2D eigenvalue weighted by molar-refractivity contribution is 9.11. The highest BCUT2D eigenvalue weighted by atomic mass is 79.9. The second-order valence-corrected chi connectivity index (χ2v) is 12.7. The fraction of sp³-hybridized carbons (Fsp3) is 0.216. The predicted octanol–water partition coefficient (Wildman–Crippen LogP) is 6.30. The Hall–Kier alpha value is -4.61. The van der Waals surface area contributed by atoms with Crippen LogP contribution in [0.1, 0.15) is 22.3 Å². The number of alkyl halides is 2. The van der Waals surface area contributed by atoms with Crippen molar-refractivity contribution in [3.05, 3.63) is 144 Å². The zero-order valence-electron chi connectivity index (χ0n) is 25.8. The van der Waals surface area contributed by atoms with Gasteiger partial charge < -0.3 is 20.1 Å². The molecule has 0 aliphatic rings. The molecule has 48 heavy (non-hydrogen) atoms.